The summed E-state index contributed by atoms with van der Waals surface area (Å²) in [6.45, 7) is 7.17. The van der Waals surface area contributed by atoms with Crippen LogP contribution in [0.2, 0.25) is 0 Å². The highest BCUT2D eigenvalue weighted by atomic mass is 16.5. The SMILES string of the molecule is CC(N)c1ccc2c(c1)C(C)(C)CO2. The summed E-state index contributed by atoms with van der Waals surface area (Å²) in [4.78, 5) is 0. The average Bonchev–Trinajstić information content (AvgIpc) is 2.42. The van der Waals surface area contributed by atoms with Crippen LogP contribution in [0.5, 0.6) is 5.75 Å². The first-order valence-corrected chi connectivity index (χ1v) is 5.03. The second kappa shape index (κ2) is 2.99. The molecule has 1 aromatic rings. The van der Waals surface area contributed by atoms with Gasteiger partial charge in [-0.3, -0.25) is 0 Å². The summed E-state index contributed by atoms with van der Waals surface area (Å²) in [5.41, 5.74) is 8.45. The van der Waals surface area contributed by atoms with Crippen molar-refractivity contribution < 1.29 is 4.74 Å². The maximum absolute atomic E-state index is 5.86. The van der Waals surface area contributed by atoms with Crippen LogP contribution in [0.3, 0.4) is 0 Å². The first-order chi connectivity index (χ1) is 6.50. The standard InChI is InChI=1S/C12H17NO/c1-8(13)9-4-5-11-10(6-9)12(2,3)7-14-11/h4-6,8H,7,13H2,1-3H3. The van der Waals surface area contributed by atoms with Crippen molar-refractivity contribution in [1.82, 2.24) is 0 Å². The van der Waals surface area contributed by atoms with Crippen LogP contribution < -0.4 is 10.5 Å². The van der Waals surface area contributed by atoms with E-state index in [-0.39, 0.29) is 11.5 Å². The van der Waals surface area contributed by atoms with E-state index in [1.165, 1.54) is 11.1 Å². The molecule has 1 aliphatic rings. The van der Waals surface area contributed by atoms with E-state index in [1.54, 1.807) is 0 Å². The summed E-state index contributed by atoms with van der Waals surface area (Å²) in [6, 6.07) is 6.34. The van der Waals surface area contributed by atoms with E-state index < -0.39 is 0 Å². The van der Waals surface area contributed by atoms with E-state index in [0.29, 0.717) is 0 Å². The molecule has 0 fully saturated rings. The minimum Gasteiger partial charge on any atom is -0.492 e. The van der Waals surface area contributed by atoms with Crippen molar-refractivity contribution in [3.05, 3.63) is 29.3 Å². The van der Waals surface area contributed by atoms with Gasteiger partial charge in [0.15, 0.2) is 0 Å². The second-order valence-corrected chi connectivity index (χ2v) is 4.72. The molecule has 0 bridgehead atoms. The average molecular weight is 191 g/mol. The van der Waals surface area contributed by atoms with Gasteiger partial charge in [0, 0.05) is 17.0 Å². The third-order valence-electron chi connectivity index (χ3n) is 2.85. The molecule has 14 heavy (non-hydrogen) atoms. The van der Waals surface area contributed by atoms with Crippen LogP contribution in [0, 0.1) is 0 Å². The van der Waals surface area contributed by atoms with Crippen LogP contribution >= 0.6 is 0 Å². The molecule has 1 aliphatic heterocycles. The molecule has 76 valence electrons. The normalized spacial score (nSPS) is 20.0. The minimum atomic E-state index is 0.0942. The Kier molecular flexibility index (Phi) is 2.04. The molecule has 1 aromatic carbocycles. The van der Waals surface area contributed by atoms with Crippen molar-refractivity contribution in [2.24, 2.45) is 5.73 Å². The van der Waals surface area contributed by atoms with Gasteiger partial charge in [0.2, 0.25) is 0 Å². The molecule has 2 heteroatoms. The number of rotatable bonds is 1. The lowest BCUT2D eigenvalue weighted by Gasteiger charge is -2.16. The maximum atomic E-state index is 5.86. The number of fused-ring (bicyclic) bond motifs is 1. The van der Waals surface area contributed by atoms with E-state index in [2.05, 4.69) is 19.9 Å². The molecular formula is C12H17NO. The molecule has 1 atom stereocenters. The van der Waals surface area contributed by atoms with Crippen LogP contribution in [-0.2, 0) is 5.41 Å². The van der Waals surface area contributed by atoms with E-state index in [4.69, 9.17) is 10.5 Å². The fraction of sp³-hybridized carbons (Fsp3) is 0.500. The van der Waals surface area contributed by atoms with Gasteiger partial charge in [0.25, 0.3) is 0 Å². The Morgan fingerprint density at radius 2 is 2.14 bits per heavy atom. The summed E-state index contributed by atoms with van der Waals surface area (Å²) >= 11 is 0. The Bertz CT molecular complexity index is 355. The fourth-order valence-corrected chi connectivity index (χ4v) is 1.82. The Balaban J connectivity index is 2.48. The fourth-order valence-electron chi connectivity index (χ4n) is 1.82. The van der Waals surface area contributed by atoms with Crippen LogP contribution in [0.25, 0.3) is 0 Å². The summed E-state index contributed by atoms with van der Waals surface area (Å²) in [5.74, 6) is 1.01. The lowest BCUT2D eigenvalue weighted by molar-refractivity contribution is 0.291. The number of hydrogen-bond donors (Lipinski definition) is 1. The van der Waals surface area contributed by atoms with Crippen molar-refractivity contribution in [3.8, 4) is 5.75 Å². The third-order valence-corrected chi connectivity index (χ3v) is 2.85. The molecule has 0 radical (unpaired) electrons. The zero-order valence-corrected chi connectivity index (χ0v) is 9.00. The molecule has 2 rings (SSSR count). The summed E-state index contributed by atoms with van der Waals surface area (Å²) in [5, 5.41) is 0. The van der Waals surface area contributed by atoms with Gasteiger partial charge in [0.05, 0.1) is 6.61 Å². The summed E-state index contributed by atoms with van der Waals surface area (Å²) in [6.07, 6.45) is 0. The molecular weight excluding hydrogens is 174 g/mol. The van der Waals surface area contributed by atoms with Crippen molar-refractivity contribution in [1.29, 1.82) is 0 Å². The van der Waals surface area contributed by atoms with Gasteiger partial charge < -0.3 is 10.5 Å². The van der Waals surface area contributed by atoms with E-state index in [9.17, 15) is 0 Å². The van der Waals surface area contributed by atoms with Gasteiger partial charge in [-0.2, -0.15) is 0 Å². The summed E-state index contributed by atoms with van der Waals surface area (Å²) in [7, 11) is 0. The van der Waals surface area contributed by atoms with Gasteiger partial charge in [0.1, 0.15) is 5.75 Å². The maximum Gasteiger partial charge on any atom is 0.123 e. The van der Waals surface area contributed by atoms with Gasteiger partial charge in [-0.05, 0) is 24.6 Å². The second-order valence-electron chi connectivity index (χ2n) is 4.72. The Labute approximate surface area is 85.1 Å². The summed E-state index contributed by atoms with van der Waals surface area (Å²) < 4.78 is 5.61. The van der Waals surface area contributed by atoms with Crippen molar-refractivity contribution >= 4 is 0 Å². The van der Waals surface area contributed by atoms with Gasteiger partial charge in [-0.15, -0.1) is 0 Å². The van der Waals surface area contributed by atoms with Crippen LogP contribution in [0.1, 0.15) is 37.9 Å². The first-order valence-electron chi connectivity index (χ1n) is 5.03. The van der Waals surface area contributed by atoms with Gasteiger partial charge in [-0.1, -0.05) is 19.9 Å². The molecule has 2 N–H and O–H groups in total. The monoisotopic (exact) mass is 191 g/mol. The van der Waals surface area contributed by atoms with Crippen LogP contribution in [0.15, 0.2) is 18.2 Å². The highest BCUT2D eigenvalue weighted by Crippen LogP contribution is 2.39. The van der Waals surface area contributed by atoms with Crippen molar-refractivity contribution in [3.63, 3.8) is 0 Å². The Morgan fingerprint density at radius 1 is 1.43 bits per heavy atom. The minimum absolute atomic E-state index is 0.0942. The Hall–Kier alpha value is -1.02. The van der Waals surface area contributed by atoms with E-state index >= 15 is 0 Å². The van der Waals surface area contributed by atoms with E-state index in [0.717, 1.165) is 12.4 Å². The van der Waals surface area contributed by atoms with Crippen molar-refractivity contribution in [2.75, 3.05) is 6.61 Å². The highest BCUT2D eigenvalue weighted by molar-refractivity contribution is 5.45. The van der Waals surface area contributed by atoms with Gasteiger partial charge in [-0.25, -0.2) is 0 Å². The Morgan fingerprint density at radius 3 is 2.79 bits per heavy atom. The van der Waals surface area contributed by atoms with E-state index in [1.807, 2.05) is 19.1 Å². The molecule has 0 amide bonds. The molecule has 0 spiro atoms. The van der Waals surface area contributed by atoms with Crippen LogP contribution in [-0.4, -0.2) is 6.61 Å². The number of ether oxygens (including phenoxy) is 1. The zero-order valence-electron chi connectivity index (χ0n) is 9.00. The molecule has 0 saturated heterocycles. The number of nitrogens with two attached hydrogens (primary N) is 1. The lowest BCUT2D eigenvalue weighted by atomic mass is 9.85. The number of hydrogen-bond acceptors (Lipinski definition) is 2. The predicted molar refractivity (Wildman–Crippen MR) is 57.6 cm³/mol. The first kappa shape index (κ1) is 9.53. The number of benzene rings is 1. The molecule has 2 nitrogen and oxygen atoms in total. The zero-order chi connectivity index (χ0) is 10.3. The highest BCUT2D eigenvalue weighted by Gasteiger charge is 2.31. The largest absolute Gasteiger partial charge is 0.492 e. The smallest absolute Gasteiger partial charge is 0.123 e. The van der Waals surface area contributed by atoms with Crippen LogP contribution in [0.4, 0.5) is 0 Å². The topological polar surface area (TPSA) is 35.2 Å². The molecule has 1 heterocycles. The molecule has 1 unspecified atom stereocenters. The third kappa shape index (κ3) is 1.40. The predicted octanol–water partition coefficient (Wildman–Crippen LogP) is 2.38. The lowest BCUT2D eigenvalue weighted by Crippen LogP contribution is -2.18. The van der Waals surface area contributed by atoms with Gasteiger partial charge >= 0.3 is 0 Å². The molecule has 0 saturated carbocycles. The quantitative estimate of drug-likeness (QED) is 0.739. The molecule has 0 aromatic heterocycles. The van der Waals surface area contributed by atoms with Crippen molar-refractivity contribution in [2.45, 2.75) is 32.2 Å². The molecule has 0 aliphatic carbocycles.